The lowest BCUT2D eigenvalue weighted by molar-refractivity contribution is 0.477. The lowest BCUT2D eigenvalue weighted by atomic mass is 10.0. The quantitative estimate of drug-likeness (QED) is 0.781. The fraction of sp³-hybridized carbons (Fsp3) is 0.250. The lowest BCUT2D eigenvalue weighted by Gasteiger charge is -2.07. The average molecular weight is 259 g/mol. The Kier molecular flexibility index (Phi) is 4.53. The number of rotatable bonds is 0. The maximum Gasteiger partial charge on any atom is 0.130 e. The molecule has 1 aliphatic rings. The molecule has 0 fully saturated rings. The molecule has 0 spiro atoms. The van der Waals surface area contributed by atoms with E-state index in [1.165, 1.54) is 11.6 Å². The smallest absolute Gasteiger partial charge is 0.130 e. The highest BCUT2D eigenvalue weighted by Gasteiger charge is 2.14. The SMILES string of the molecule is CNC.Fc1ccc2c(c1)CCc1ccccc1O2. The molecule has 2 aromatic rings. The third-order valence-corrected chi connectivity index (χ3v) is 2.88. The predicted molar refractivity (Wildman–Crippen MR) is 75.3 cm³/mol. The van der Waals surface area contributed by atoms with Crippen LogP contribution in [0.15, 0.2) is 42.5 Å². The molecule has 3 heteroatoms. The van der Waals surface area contributed by atoms with Gasteiger partial charge in [-0.05, 0) is 62.3 Å². The number of aryl methyl sites for hydroxylation is 2. The molecule has 0 bridgehead atoms. The van der Waals surface area contributed by atoms with Gasteiger partial charge in [-0.3, -0.25) is 0 Å². The van der Waals surface area contributed by atoms with Crippen LogP contribution in [-0.4, -0.2) is 14.1 Å². The summed E-state index contributed by atoms with van der Waals surface area (Å²) in [5.41, 5.74) is 2.12. The number of ether oxygens (including phenoxy) is 1. The van der Waals surface area contributed by atoms with Crippen LogP contribution in [0.3, 0.4) is 0 Å². The third-order valence-electron chi connectivity index (χ3n) is 2.88. The zero-order chi connectivity index (χ0) is 13.7. The van der Waals surface area contributed by atoms with Crippen molar-refractivity contribution in [3.05, 3.63) is 59.4 Å². The van der Waals surface area contributed by atoms with E-state index >= 15 is 0 Å². The van der Waals surface area contributed by atoms with Gasteiger partial charge in [-0.2, -0.15) is 0 Å². The Bertz CT molecular complexity index is 554. The summed E-state index contributed by atoms with van der Waals surface area (Å²) >= 11 is 0. The Hall–Kier alpha value is -1.87. The minimum atomic E-state index is -0.201. The molecule has 0 amide bonds. The van der Waals surface area contributed by atoms with Gasteiger partial charge in [-0.25, -0.2) is 4.39 Å². The monoisotopic (exact) mass is 259 g/mol. The number of benzene rings is 2. The van der Waals surface area contributed by atoms with Crippen molar-refractivity contribution in [3.63, 3.8) is 0 Å². The van der Waals surface area contributed by atoms with Gasteiger partial charge in [0.2, 0.25) is 0 Å². The molecule has 0 unspecified atom stereocenters. The van der Waals surface area contributed by atoms with E-state index in [-0.39, 0.29) is 5.82 Å². The normalized spacial score (nSPS) is 12.2. The number of fused-ring (bicyclic) bond motifs is 2. The largest absolute Gasteiger partial charge is 0.457 e. The first-order valence-corrected chi connectivity index (χ1v) is 6.37. The van der Waals surface area contributed by atoms with E-state index < -0.39 is 0 Å². The molecule has 2 nitrogen and oxygen atoms in total. The number of hydrogen-bond donors (Lipinski definition) is 1. The Morgan fingerprint density at radius 1 is 0.947 bits per heavy atom. The lowest BCUT2D eigenvalue weighted by Crippen LogP contribution is -1.89. The molecule has 0 radical (unpaired) electrons. The summed E-state index contributed by atoms with van der Waals surface area (Å²) in [6.45, 7) is 0. The number of halogens is 1. The minimum absolute atomic E-state index is 0.201. The molecule has 3 rings (SSSR count). The summed E-state index contributed by atoms with van der Waals surface area (Å²) < 4.78 is 18.9. The minimum Gasteiger partial charge on any atom is -0.457 e. The Morgan fingerprint density at radius 3 is 2.37 bits per heavy atom. The summed E-state index contributed by atoms with van der Waals surface area (Å²) in [5, 5.41) is 2.75. The van der Waals surface area contributed by atoms with Crippen LogP contribution in [-0.2, 0) is 12.8 Å². The van der Waals surface area contributed by atoms with Gasteiger partial charge in [0, 0.05) is 0 Å². The molecule has 0 atom stereocenters. The molecular formula is C16H18FNO. The zero-order valence-corrected chi connectivity index (χ0v) is 11.2. The first-order chi connectivity index (χ1) is 9.24. The Morgan fingerprint density at radius 2 is 1.58 bits per heavy atom. The second-order valence-corrected chi connectivity index (χ2v) is 4.46. The highest BCUT2D eigenvalue weighted by Crippen LogP contribution is 2.33. The fourth-order valence-corrected chi connectivity index (χ4v) is 2.04. The maximum absolute atomic E-state index is 13.1. The summed E-state index contributed by atoms with van der Waals surface area (Å²) in [7, 11) is 3.75. The first kappa shape index (κ1) is 13.6. The standard InChI is InChI=1S/C14H11FO.C2H7N/c15-12-7-8-14-11(9-12)6-5-10-3-1-2-4-13(10)16-14;1-3-2/h1-4,7-9H,5-6H2;3H,1-2H3. The highest BCUT2D eigenvalue weighted by atomic mass is 19.1. The number of nitrogens with one attached hydrogen (secondary N) is 1. The molecule has 100 valence electrons. The van der Waals surface area contributed by atoms with Crippen molar-refractivity contribution in [1.82, 2.24) is 5.32 Å². The van der Waals surface area contributed by atoms with Crippen LogP contribution >= 0.6 is 0 Å². The van der Waals surface area contributed by atoms with E-state index in [1.54, 1.807) is 12.1 Å². The Labute approximate surface area is 113 Å². The van der Waals surface area contributed by atoms with Gasteiger partial charge in [-0.15, -0.1) is 0 Å². The van der Waals surface area contributed by atoms with Crippen LogP contribution in [0.25, 0.3) is 0 Å². The van der Waals surface area contributed by atoms with Gasteiger partial charge in [0.15, 0.2) is 0 Å². The summed E-state index contributed by atoms with van der Waals surface area (Å²) in [4.78, 5) is 0. The molecule has 1 N–H and O–H groups in total. The van der Waals surface area contributed by atoms with Gasteiger partial charge in [0.25, 0.3) is 0 Å². The highest BCUT2D eigenvalue weighted by molar-refractivity contribution is 5.44. The van der Waals surface area contributed by atoms with E-state index in [1.807, 2.05) is 32.3 Å². The van der Waals surface area contributed by atoms with E-state index in [4.69, 9.17) is 4.74 Å². The molecule has 1 heterocycles. The van der Waals surface area contributed by atoms with Crippen molar-refractivity contribution in [2.75, 3.05) is 14.1 Å². The predicted octanol–water partition coefficient (Wildman–Crippen LogP) is 3.55. The van der Waals surface area contributed by atoms with Crippen LogP contribution in [0.4, 0.5) is 4.39 Å². The summed E-state index contributed by atoms with van der Waals surface area (Å²) in [6.07, 6.45) is 1.72. The van der Waals surface area contributed by atoms with Crippen LogP contribution in [0.1, 0.15) is 11.1 Å². The third kappa shape index (κ3) is 3.32. The van der Waals surface area contributed by atoms with Crippen LogP contribution in [0.2, 0.25) is 0 Å². The van der Waals surface area contributed by atoms with Gasteiger partial charge in [0.05, 0.1) is 0 Å². The van der Waals surface area contributed by atoms with Crippen molar-refractivity contribution in [2.24, 2.45) is 0 Å². The maximum atomic E-state index is 13.1. The fourth-order valence-electron chi connectivity index (χ4n) is 2.04. The molecule has 0 aromatic heterocycles. The second kappa shape index (κ2) is 6.34. The topological polar surface area (TPSA) is 21.3 Å². The van der Waals surface area contributed by atoms with Crippen molar-refractivity contribution in [1.29, 1.82) is 0 Å². The summed E-state index contributed by atoms with van der Waals surface area (Å²) in [6, 6.07) is 12.7. The van der Waals surface area contributed by atoms with E-state index in [0.717, 1.165) is 29.9 Å². The molecule has 0 aliphatic carbocycles. The van der Waals surface area contributed by atoms with Gasteiger partial charge >= 0.3 is 0 Å². The van der Waals surface area contributed by atoms with Crippen molar-refractivity contribution in [2.45, 2.75) is 12.8 Å². The van der Waals surface area contributed by atoms with Gasteiger partial charge in [0.1, 0.15) is 17.3 Å². The van der Waals surface area contributed by atoms with Crippen molar-refractivity contribution < 1.29 is 9.13 Å². The molecule has 1 aliphatic heterocycles. The van der Waals surface area contributed by atoms with Crippen LogP contribution < -0.4 is 10.1 Å². The van der Waals surface area contributed by atoms with E-state index in [0.29, 0.717) is 0 Å². The van der Waals surface area contributed by atoms with Crippen molar-refractivity contribution >= 4 is 0 Å². The number of hydrogen-bond acceptors (Lipinski definition) is 2. The number of para-hydroxylation sites is 1. The average Bonchev–Trinajstić information content (AvgIpc) is 2.58. The van der Waals surface area contributed by atoms with Gasteiger partial charge in [-0.1, -0.05) is 18.2 Å². The molecule has 0 saturated carbocycles. The zero-order valence-electron chi connectivity index (χ0n) is 11.2. The van der Waals surface area contributed by atoms with E-state index in [2.05, 4.69) is 11.4 Å². The van der Waals surface area contributed by atoms with Crippen LogP contribution in [0, 0.1) is 5.82 Å². The molecule has 0 saturated heterocycles. The molecule has 19 heavy (non-hydrogen) atoms. The molecular weight excluding hydrogens is 241 g/mol. The summed E-state index contributed by atoms with van der Waals surface area (Å²) in [5.74, 6) is 1.45. The first-order valence-electron chi connectivity index (χ1n) is 6.37. The van der Waals surface area contributed by atoms with Crippen LogP contribution in [0.5, 0.6) is 11.5 Å². The Balaban J connectivity index is 0.000000408. The molecule has 2 aromatic carbocycles. The van der Waals surface area contributed by atoms with E-state index in [9.17, 15) is 4.39 Å². The second-order valence-electron chi connectivity index (χ2n) is 4.46. The van der Waals surface area contributed by atoms with Crippen molar-refractivity contribution in [3.8, 4) is 11.5 Å². The van der Waals surface area contributed by atoms with Gasteiger partial charge < -0.3 is 10.1 Å².